The lowest BCUT2D eigenvalue weighted by atomic mass is 9.79. The van der Waals surface area contributed by atoms with Gasteiger partial charge < -0.3 is 9.64 Å². The summed E-state index contributed by atoms with van der Waals surface area (Å²) in [5.74, 6) is -0.821. The van der Waals surface area contributed by atoms with Crippen LogP contribution in [-0.2, 0) is 9.53 Å². The number of allylic oxidation sites excluding steroid dienone is 2. The number of esters is 1. The Balaban J connectivity index is 1.98. The Labute approximate surface area is 158 Å². The second-order valence-corrected chi connectivity index (χ2v) is 6.76. The maximum absolute atomic E-state index is 13.3. The Morgan fingerprint density at radius 2 is 1.67 bits per heavy atom. The minimum Gasteiger partial charge on any atom is -0.463 e. The Kier molecular flexibility index (Phi) is 4.19. The summed E-state index contributed by atoms with van der Waals surface area (Å²) in [5, 5.41) is 0. The topological polar surface area (TPSA) is 46.6 Å². The summed E-state index contributed by atoms with van der Waals surface area (Å²) in [6, 6.07) is 17.3. The standard InChI is InChI=1S/C23H21NO3/c1-4-27-23(26)18-14(2)24(3)21-16-12-8-9-13-17(16)22(25)20(21)19(18)15-10-6-5-7-11-15/h5-13,19H,4H2,1-3H3/t19-/m1/s1. The number of ketones is 1. The van der Waals surface area contributed by atoms with Crippen LogP contribution in [0.25, 0.3) is 5.70 Å². The maximum atomic E-state index is 13.3. The van der Waals surface area contributed by atoms with E-state index in [-0.39, 0.29) is 11.8 Å². The van der Waals surface area contributed by atoms with Gasteiger partial charge in [0.1, 0.15) is 0 Å². The van der Waals surface area contributed by atoms with E-state index >= 15 is 0 Å². The van der Waals surface area contributed by atoms with Gasteiger partial charge in [-0.05, 0) is 19.4 Å². The quantitative estimate of drug-likeness (QED) is 0.772. The van der Waals surface area contributed by atoms with E-state index in [2.05, 4.69) is 0 Å². The molecule has 0 saturated carbocycles. The number of carbonyl (C=O) groups is 2. The van der Waals surface area contributed by atoms with Crippen molar-refractivity contribution >= 4 is 17.4 Å². The van der Waals surface area contributed by atoms with E-state index in [1.54, 1.807) is 6.92 Å². The highest BCUT2D eigenvalue weighted by atomic mass is 16.5. The molecule has 1 aliphatic carbocycles. The number of hydrogen-bond donors (Lipinski definition) is 0. The fourth-order valence-corrected chi connectivity index (χ4v) is 4.07. The smallest absolute Gasteiger partial charge is 0.336 e. The minimum atomic E-state index is -0.434. The zero-order valence-corrected chi connectivity index (χ0v) is 15.7. The van der Waals surface area contributed by atoms with Crippen LogP contribution in [0.2, 0.25) is 0 Å². The molecule has 1 aliphatic heterocycles. The van der Waals surface area contributed by atoms with E-state index in [9.17, 15) is 9.59 Å². The third-order valence-electron chi connectivity index (χ3n) is 5.36. The molecule has 0 spiro atoms. The Hall–Kier alpha value is -3.14. The van der Waals surface area contributed by atoms with E-state index in [0.29, 0.717) is 23.3 Å². The lowest BCUT2D eigenvalue weighted by Crippen LogP contribution is -2.30. The molecule has 2 aromatic rings. The van der Waals surface area contributed by atoms with Crippen LogP contribution in [0.3, 0.4) is 0 Å². The van der Waals surface area contributed by atoms with Crippen molar-refractivity contribution in [1.29, 1.82) is 0 Å². The molecular weight excluding hydrogens is 338 g/mol. The van der Waals surface area contributed by atoms with Crippen LogP contribution in [0.4, 0.5) is 0 Å². The summed E-state index contributed by atoms with van der Waals surface area (Å²) in [7, 11) is 1.90. The van der Waals surface area contributed by atoms with Crippen molar-refractivity contribution in [2.45, 2.75) is 19.8 Å². The zero-order chi connectivity index (χ0) is 19.1. The van der Waals surface area contributed by atoms with Crippen LogP contribution in [0.5, 0.6) is 0 Å². The molecule has 0 saturated heterocycles. The third-order valence-corrected chi connectivity index (χ3v) is 5.36. The Morgan fingerprint density at radius 3 is 2.33 bits per heavy atom. The van der Waals surface area contributed by atoms with Gasteiger partial charge in [-0.3, -0.25) is 4.79 Å². The second kappa shape index (κ2) is 6.54. The van der Waals surface area contributed by atoms with E-state index in [0.717, 1.165) is 22.5 Å². The first-order valence-electron chi connectivity index (χ1n) is 9.11. The van der Waals surface area contributed by atoms with Gasteiger partial charge in [0.2, 0.25) is 0 Å². The number of fused-ring (bicyclic) bond motifs is 2. The second-order valence-electron chi connectivity index (χ2n) is 6.76. The monoisotopic (exact) mass is 359 g/mol. The third kappa shape index (κ3) is 2.52. The van der Waals surface area contributed by atoms with E-state index in [4.69, 9.17) is 4.74 Å². The lowest BCUT2D eigenvalue weighted by molar-refractivity contribution is -0.138. The first-order valence-corrected chi connectivity index (χ1v) is 9.11. The number of carbonyl (C=O) groups excluding carboxylic acids is 2. The molecule has 0 amide bonds. The normalized spacial score (nSPS) is 18.6. The fourth-order valence-electron chi connectivity index (χ4n) is 4.07. The predicted molar refractivity (Wildman–Crippen MR) is 104 cm³/mol. The number of hydrogen-bond acceptors (Lipinski definition) is 4. The summed E-state index contributed by atoms with van der Waals surface area (Å²) < 4.78 is 5.36. The van der Waals surface area contributed by atoms with Crippen molar-refractivity contribution in [1.82, 2.24) is 4.90 Å². The van der Waals surface area contributed by atoms with Gasteiger partial charge in [-0.2, -0.15) is 0 Å². The molecule has 4 rings (SSSR count). The summed E-state index contributed by atoms with van der Waals surface area (Å²) in [6.45, 7) is 4.00. The molecular formula is C23H21NO3. The predicted octanol–water partition coefficient (Wildman–Crippen LogP) is 4.16. The van der Waals surface area contributed by atoms with Gasteiger partial charge >= 0.3 is 5.97 Å². The average molecular weight is 359 g/mol. The molecule has 0 radical (unpaired) electrons. The van der Waals surface area contributed by atoms with Crippen molar-refractivity contribution in [3.05, 3.63) is 88.1 Å². The molecule has 1 heterocycles. The highest BCUT2D eigenvalue weighted by molar-refractivity contribution is 6.23. The molecule has 0 N–H and O–H groups in total. The van der Waals surface area contributed by atoms with Gasteiger partial charge in [0.25, 0.3) is 0 Å². The van der Waals surface area contributed by atoms with Crippen LogP contribution in [0.15, 0.2) is 71.4 Å². The SMILES string of the molecule is CCOC(=O)C1=C(C)N(C)C2=C(C(=O)c3ccccc32)[C@@H]1c1ccccc1. The van der Waals surface area contributed by atoms with Gasteiger partial charge in [-0.25, -0.2) is 4.79 Å². The molecule has 4 nitrogen and oxygen atoms in total. The molecule has 4 heteroatoms. The average Bonchev–Trinajstić information content (AvgIpc) is 2.98. The minimum absolute atomic E-state index is 0.0180. The van der Waals surface area contributed by atoms with Crippen LogP contribution >= 0.6 is 0 Å². The van der Waals surface area contributed by atoms with Crippen LogP contribution in [0.1, 0.15) is 41.3 Å². The molecule has 1 atom stereocenters. The number of nitrogens with zero attached hydrogens (tertiary/aromatic N) is 1. The van der Waals surface area contributed by atoms with Crippen molar-refractivity contribution in [3.63, 3.8) is 0 Å². The summed E-state index contributed by atoms with van der Waals surface area (Å²) in [6.07, 6.45) is 0. The van der Waals surface area contributed by atoms with Gasteiger partial charge in [-0.1, -0.05) is 54.6 Å². The number of rotatable bonds is 3. The van der Waals surface area contributed by atoms with Crippen molar-refractivity contribution in [2.24, 2.45) is 0 Å². The summed E-state index contributed by atoms with van der Waals surface area (Å²) in [4.78, 5) is 28.1. The van der Waals surface area contributed by atoms with E-state index < -0.39 is 5.92 Å². The number of benzene rings is 2. The molecule has 136 valence electrons. The van der Waals surface area contributed by atoms with E-state index in [1.807, 2.05) is 73.5 Å². The highest BCUT2D eigenvalue weighted by Gasteiger charge is 2.44. The van der Waals surface area contributed by atoms with Crippen LogP contribution < -0.4 is 0 Å². The van der Waals surface area contributed by atoms with Crippen molar-refractivity contribution in [3.8, 4) is 0 Å². The lowest BCUT2D eigenvalue weighted by Gasteiger charge is -2.35. The molecule has 2 aliphatic rings. The molecule has 0 aromatic heterocycles. The Bertz CT molecular complexity index is 1000. The molecule has 27 heavy (non-hydrogen) atoms. The Morgan fingerprint density at radius 1 is 1.04 bits per heavy atom. The molecule has 0 unspecified atom stereocenters. The van der Waals surface area contributed by atoms with Crippen LogP contribution in [-0.4, -0.2) is 30.3 Å². The largest absolute Gasteiger partial charge is 0.463 e. The summed E-state index contributed by atoms with van der Waals surface area (Å²) >= 11 is 0. The molecule has 0 bridgehead atoms. The zero-order valence-electron chi connectivity index (χ0n) is 15.7. The van der Waals surface area contributed by atoms with Gasteiger partial charge in [0, 0.05) is 35.4 Å². The first kappa shape index (κ1) is 17.3. The highest BCUT2D eigenvalue weighted by Crippen LogP contribution is 2.49. The van der Waals surface area contributed by atoms with Gasteiger partial charge in [0.05, 0.1) is 17.9 Å². The van der Waals surface area contributed by atoms with Crippen molar-refractivity contribution < 1.29 is 14.3 Å². The summed E-state index contributed by atoms with van der Waals surface area (Å²) in [5.41, 5.74) is 5.41. The van der Waals surface area contributed by atoms with Gasteiger partial charge in [-0.15, -0.1) is 0 Å². The van der Waals surface area contributed by atoms with Crippen molar-refractivity contribution in [2.75, 3.05) is 13.7 Å². The van der Waals surface area contributed by atoms with Crippen LogP contribution in [0, 0.1) is 0 Å². The van der Waals surface area contributed by atoms with E-state index in [1.165, 1.54) is 0 Å². The maximum Gasteiger partial charge on any atom is 0.336 e. The molecule has 0 fully saturated rings. The first-order chi connectivity index (χ1) is 13.1. The molecule has 2 aromatic carbocycles. The number of Topliss-reactive ketones (excluding diaryl/α,β-unsaturated/α-hetero) is 1. The fraction of sp³-hybridized carbons (Fsp3) is 0.217. The number of ether oxygens (including phenoxy) is 1. The van der Waals surface area contributed by atoms with Gasteiger partial charge in [0.15, 0.2) is 5.78 Å².